The smallest absolute Gasteiger partial charge is 0.302 e. The predicted molar refractivity (Wildman–Crippen MR) is 43.1 cm³/mol. The van der Waals surface area contributed by atoms with Gasteiger partial charge in [-0.15, -0.1) is 0 Å². The fourth-order valence-electron chi connectivity index (χ4n) is 0.813. The molecular weight excluding hydrogens is 154 g/mol. The lowest BCUT2D eigenvalue weighted by Crippen LogP contribution is -2.26. The molecule has 0 amide bonds. The third kappa shape index (κ3) is 2.70. The molecule has 0 bridgehead atoms. The molecule has 0 aromatic carbocycles. The number of hydrogen-bond acceptors (Lipinski definition) is 2. The first kappa shape index (κ1) is 8.71. The fourth-order valence-corrected chi connectivity index (χ4v) is 0.813. The number of aromatic nitrogens is 1. The molecule has 0 spiro atoms. The van der Waals surface area contributed by atoms with E-state index in [4.69, 9.17) is 4.74 Å². The van der Waals surface area contributed by atoms with Crippen LogP contribution in [0, 0.1) is 0 Å². The predicted octanol–water partition coefficient (Wildman–Crippen LogP) is 0.574. The van der Waals surface area contributed by atoms with Gasteiger partial charge in [0.2, 0.25) is 0 Å². The van der Waals surface area contributed by atoms with Crippen molar-refractivity contribution in [2.45, 2.75) is 13.5 Å². The molecule has 0 N–H and O–H groups in total. The van der Waals surface area contributed by atoms with Gasteiger partial charge in [0.1, 0.15) is 13.7 Å². The monoisotopic (exact) mass is 166 g/mol. The van der Waals surface area contributed by atoms with E-state index in [1.807, 2.05) is 36.1 Å². The molecule has 3 heteroatoms. The van der Waals surface area contributed by atoms with Crippen molar-refractivity contribution < 1.29 is 14.1 Å². The van der Waals surface area contributed by atoms with Gasteiger partial charge in [-0.1, -0.05) is 0 Å². The van der Waals surface area contributed by atoms with Gasteiger partial charge in [-0.05, 0) is 0 Å². The molecule has 1 aromatic heterocycles. The molecule has 64 valence electrons. The number of hydrogen-bond donors (Lipinski definition) is 0. The molecule has 0 aliphatic heterocycles. The van der Waals surface area contributed by atoms with Gasteiger partial charge in [-0.2, -0.15) is 0 Å². The average Bonchev–Trinajstić information content (AvgIpc) is 2.03. The Hall–Kier alpha value is -1.38. The Morgan fingerprint density at radius 2 is 2.08 bits per heavy atom. The minimum absolute atomic E-state index is 0.247. The number of nitrogens with zero attached hydrogens (tertiary/aromatic N) is 1. The number of esters is 1. The first-order valence-electron chi connectivity index (χ1n) is 3.76. The highest BCUT2D eigenvalue weighted by atomic mass is 16.5. The number of carbonyl (C=O) groups excluding carboxylic acids is 1. The SMILES string of the molecule is CC(=O)OCc1cc[n+](C)cc1. The summed E-state index contributed by atoms with van der Waals surface area (Å²) < 4.78 is 6.75. The lowest BCUT2D eigenvalue weighted by Gasteiger charge is -1.99. The van der Waals surface area contributed by atoms with Crippen LogP contribution < -0.4 is 4.57 Å². The second-order valence-electron chi connectivity index (χ2n) is 2.65. The molecule has 1 heterocycles. The highest BCUT2D eigenvalue weighted by Gasteiger charge is 1.97. The summed E-state index contributed by atoms with van der Waals surface area (Å²) in [7, 11) is 1.94. The Bertz CT molecular complexity index is 266. The van der Waals surface area contributed by atoms with Crippen LogP contribution in [0.4, 0.5) is 0 Å². The maximum Gasteiger partial charge on any atom is 0.302 e. The van der Waals surface area contributed by atoms with E-state index in [1.165, 1.54) is 6.92 Å². The van der Waals surface area contributed by atoms with Gasteiger partial charge in [-0.25, -0.2) is 4.57 Å². The second kappa shape index (κ2) is 3.85. The van der Waals surface area contributed by atoms with Crippen LogP contribution in [0.1, 0.15) is 12.5 Å². The Morgan fingerprint density at radius 3 is 2.58 bits per heavy atom. The van der Waals surface area contributed by atoms with Crippen molar-refractivity contribution >= 4 is 5.97 Å². The molecule has 1 aromatic rings. The average molecular weight is 166 g/mol. The summed E-state index contributed by atoms with van der Waals surface area (Å²) in [5.74, 6) is -0.247. The minimum Gasteiger partial charge on any atom is -0.461 e. The topological polar surface area (TPSA) is 30.2 Å². The summed E-state index contributed by atoms with van der Waals surface area (Å²) in [4.78, 5) is 10.5. The van der Waals surface area contributed by atoms with Crippen molar-refractivity contribution in [3.8, 4) is 0 Å². The molecule has 0 saturated carbocycles. The van der Waals surface area contributed by atoms with Crippen LogP contribution >= 0.6 is 0 Å². The lowest BCUT2D eigenvalue weighted by atomic mass is 10.3. The fraction of sp³-hybridized carbons (Fsp3) is 0.333. The van der Waals surface area contributed by atoms with Crippen LogP contribution in [0.3, 0.4) is 0 Å². The second-order valence-corrected chi connectivity index (χ2v) is 2.65. The zero-order valence-corrected chi connectivity index (χ0v) is 7.28. The Balaban J connectivity index is 2.53. The molecule has 0 fully saturated rings. The van der Waals surface area contributed by atoms with Crippen LogP contribution in [-0.4, -0.2) is 5.97 Å². The Kier molecular flexibility index (Phi) is 2.80. The number of rotatable bonds is 2. The van der Waals surface area contributed by atoms with Gasteiger partial charge in [0, 0.05) is 24.6 Å². The third-order valence-electron chi connectivity index (χ3n) is 1.49. The number of carbonyl (C=O) groups is 1. The normalized spacial score (nSPS) is 9.50. The summed E-state index contributed by atoms with van der Waals surface area (Å²) in [5.41, 5.74) is 1.00. The minimum atomic E-state index is -0.247. The zero-order valence-electron chi connectivity index (χ0n) is 7.28. The van der Waals surface area contributed by atoms with Crippen molar-refractivity contribution in [1.82, 2.24) is 0 Å². The number of aryl methyl sites for hydroxylation is 1. The summed E-state index contributed by atoms with van der Waals surface area (Å²) in [6.45, 7) is 1.76. The van der Waals surface area contributed by atoms with Gasteiger partial charge >= 0.3 is 5.97 Å². The molecule has 0 saturated heterocycles. The van der Waals surface area contributed by atoms with Crippen molar-refractivity contribution in [1.29, 1.82) is 0 Å². The quantitative estimate of drug-likeness (QED) is 0.475. The molecule has 12 heavy (non-hydrogen) atoms. The molecule has 0 aliphatic rings. The highest BCUT2D eigenvalue weighted by Crippen LogP contribution is 1.97. The van der Waals surface area contributed by atoms with Gasteiger partial charge in [0.15, 0.2) is 12.4 Å². The maximum absolute atomic E-state index is 10.5. The van der Waals surface area contributed by atoms with Crippen LogP contribution in [0.25, 0.3) is 0 Å². The number of pyridine rings is 1. The van der Waals surface area contributed by atoms with Gasteiger partial charge in [-0.3, -0.25) is 4.79 Å². The van der Waals surface area contributed by atoms with E-state index in [2.05, 4.69) is 0 Å². The standard InChI is InChI=1S/C9H12NO2/c1-8(11)12-7-9-3-5-10(2)6-4-9/h3-6H,7H2,1-2H3/q+1. The summed E-state index contributed by atoms with van der Waals surface area (Å²) in [6, 6.07) is 3.84. The van der Waals surface area contributed by atoms with E-state index in [9.17, 15) is 4.79 Å². The van der Waals surface area contributed by atoms with E-state index in [0.29, 0.717) is 6.61 Å². The van der Waals surface area contributed by atoms with E-state index in [1.54, 1.807) is 0 Å². The van der Waals surface area contributed by atoms with Crippen LogP contribution in [0.5, 0.6) is 0 Å². The summed E-state index contributed by atoms with van der Waals surface area (Å²) in [6.07, 6.45) is 3.83. The van der Waals surface area contributed by atoms with Crippen molar-refractivity contribution in [2.24, 2.45) is 7.05 Å². The Morgan fingerprint density at radius 1 is 1.50 bits per heavy atom. The van der Waals surface area contributed by atoms with Crippen molar-refractivity contribution in [3.63, 3.8) is 0 Å². The van der Waals surface area contributed by atoms with E-state index in [-0.39, 0.29) is 5.97 Å². The van der Waals surface area contributed by atoms with Crippen LogP contribution in [0.2, 0.25) is 0 Å². The first-order chi connectivity index (χ1) is 5.68. The van der Waals surface area contributed by atoms with Gasteiger partial charge < -0.3 is 4.74 Å². The maximum atomic E-state index is 10.5. The lowest BCUT2D eigenvalue weighted by molar-refractivity contribution is -0.671. The van der Waals surface area contributed by atoms with E-state index < -0.39 is 0 Å². The molecule has 0 radical (unpaired) electrons. The molecular formula is C9H12NO2+. The molecule has 3 nitrogen and oxygen atoms in total. The van der Waals surface area contributed by atoms with E-state index >= 15 is 0 Å². The van der Waals surface area contributed by atoms with Crippen molar-refractivity contribution in [2.75, 3.05) is 0 Å². The largest absolute Gasteiger partial charge is 0.461 e. The van der Waals surface area contributed by atoms with Gasteiger partial charge in [0.25, 0.3) is 0 Å². The Labute approximate surface area is 71.6 Å². The summed E-state index contributed by atoms with van der Waals surface area (Å²) in [5, 5.41) is 0. The van der Waals surface area contributed by atoms with Crippen LogP contribution in [0.15, 0.2) is 24.5 Å². The molecule has 0 atom stereocenters. The van der Waals surface area contributed by atoms with Crippen LogP contribution in [-0.2, 0) is 23.2 Å². The third-order valence-corrected chi connectivity index (χ3v) is 1.49. The zero-order chi connectivity index (χ0) is 8.97. The molecule has 0 unspecified atom stereocenters. The first-order valence-corrected chi connectivity index (χ1v) is 3.76. The summed E-state index contributed by atoms with van der Waals surface area (Å²) >= 11 is 0. The highest BCUT2D eigenvalue weighted by molar-refractivity contribution is 5.65. The molecule has 0 aliphatic carbocycles. The van der Waals surface area contributed by atoms with Gasteiger partial charge in [0.05, 0.1) is 0 Å². The van der Waals surface area contributed by atoms with E-state index in [0.717, 1.165) is 5.56 Å². The van der Waals surface area contributed by atoms with Crippen molar-refractivity contribution in [3.05, 3.63) is 30.1 Å². The number of ether oxygens (including phenoxy) is 1. The molecule has 1 rings (SSSR count).